The fraction of sp³-hybridized carbons (Fsp3) is 0.667. The van der Waals surface area contributed by atoms with Gasteiger partial charge in [-0.15, -0.1) is 6.58 Å². The highest BCUT2D eigenvalue weighted by atomic mass is 13.4. The van der Waals surface area contributed by atoms with Gasteiger partial charge in [0.15, 0.2) is 0 Å². The van der Waals surface area contributed by atoms with Crippen LogP contribution in [0, 0.1) is 0 Å². The quantitative estimate of drug-likeness (QED) is 0.386. The Bertz CT molecular complexity index is 78.6. The van der Waals surface area contributed by atoms with Crippen LogP contribution in [0.5, 0.6) is 0 Å². The smallest absolute Gasteiger partial charge is 0.0470 e. The van der Waals surface area contributed by atoms with Crippen molar-refractivity contribution in [1.29, 1.82) is 0 Å². The van der Waals surface area contributed by atoms with E-state index in [4.69, 9.17) is 0 Å². The summed E-state index contributed by atoms with van der Waals surface area (Å²) in [6.45, 7) is 21.5. The molecular formula is C18H44. The lowest BCUT2D eigenvalue weighted by atomic mass is 10.6. The first-order chi connectivity index (χ1) is 7.66. The van der Waals surface area contributed by atoms with Crippen molar-refractivity contribution in [2.24, 2.45) is 0 Å². The van der Waals surface area contributed by atoms with Gasteiger partial charge in [0, 0.05) is 0 Å². The maximum Gasteiger partial charge on any atom is -0.0470 e. The van der Waals surface area contributed by atoms with Gasteiger partial charge in [-0.25, -0.2) is 0 Å². The highest BCUT2D eigenvalue weighted by Crippen LogP contribution is 1.57. The average Bonchev–Trinajstić information content (AvgIpc) is 2.33. The minimum atomic E-state index is 0. The van der Waals surface area contributed by atoms with Gasteiger partial charge in [-0.05, 0) is 34.6 Å². The molecule has 0 saturated carbocycles. The lowest BCUT2D eigenvalue weighted by molar-refractivity contribution is 1.09. The first-order valence-electron chi connectivity index (χ1n) is 6.38. The van der Waals surface area contributed by atoms with Crippen LogP contribution < -0.4 is 0 Å². The Labute approximate surface area is 121 Å². The molecule has 0 N–H and O–H groups in total. The Balaban J connectivity index is -0.0000000167. The minimum Gasteiger partial charge on any atom is -0.103 e. The minimum absolute atomic E-state index is 0. The second-order valence-corrected chi connectivity index (χ2v) is 2.45. The molecule has 0 fully saturated rings. The van der Waals surface area contributed by atoms with Crippen LogP contribution in [0.2, 0.25) is 0 Å². The van der Waals surface area contributed by atoms with Crippen molar-refractivity contribution >= 4 is 0 Å². The summed E-state index contributed by atoms with van der Waals surface area (Å²) in [5.74, 6) is 0. The van der Waals surface area contributed by atoms with Crippen LogP contribution in [0.15, 0.2) is 37.0 Å². The molecule has 116 valence electrons. The molecular weight excluding hydrogens is 216 g/mol. The summed E-state index contributed by atoms with van der Waals surface area (Å²) in [6.07, 6.45) is 11.0. The van der Waals surface area contributed by atoms with Gasteiger partial charge in [0.2, 0.25) is 0 Å². The average molecular weight is 261 g/mol. The predicted octanol–water partition coefficient (Wildman–Crippen LogP) is 8.07. The Kier molecular flexibility index (Phi) is 332. The third-order valence-electron chi connectivity index (χ3n) is 0.667. The number of hydrogen-bond donors (Lipinski definition) is 0. The standard InChI is InChI=1S/2C4H8.C3H8.C3H6.C2H6.2CH4/c2*1-3-4-2;2*1-3-2;1-2;;/h2*3-4H,1-2H3;3H2,1-2H3;3H,1H2,2H3;1-2H3;2*1H4. The molecule has 0 heteroatoms. The molecule has 0 bridgehead atoms. The van der Waals surface area contributed by atoms with Gasteiger partial charge in [-0.2, -0.15) is 0 Å². The van der Waals surface area contributed by atoms with Crippen molar-refractivity contribution < 1.29 is 0 Å². The summed E-state index contributed by atoms with van der Waals surface area (Å²) >= 11 is 0. The predicted molar refractivity (Wildman–Crippen MR) is 97.6 cm³/mol. The molecule has 0 aliphatic carbocycles. The summed E-state index contributed by atoms with van der Waals surface area (Å²) < 4.78 is 0. The molecule has 0 nitrogen and oxygen atoms in total. The van der Waals surface area contributed by atoms with Crippen LogP contribution >= 0.6 is 0 Å². The van der Waals surface area contributed by atoms with Gasteiger partial charge in [0.25, 0.3) is 0 Å². The molecule has 0 aliphatic rings. The maximum atomic E-state index is 3.36. The van der Waals surface area contributed by atoms with Gasteiger partial charge in [-0.3, -0.25) is 0 Å². The van der Waals surface area contributed by atoms with Crippen molar-refractivity contribution in [1.82, 2.24) is 0 Å². The van der Waals surface area contributed by atoms with E-state index in [9.17, 15) is 0 Å². The fourth-order valence-corrected chi connectivity index (χ4v) is 0. The van der Waals surface area contributed by atoms with E-state index >= 15 is 0 Å². The molecule has 0 aliphatic heterocycles. The van der Waals surface area contributed by atoms with Crippen LogP contribution in [-0.4, -0.2) is 0 Å². The molecule has 0 amide bonds. The van der Waals surface area contributed by atoms with E-state index in [1.807, 2.05) is 72.8 Å². The summed E-state index contributed by atoms with van der Waals surface area (Å²) in [7, 11) is 0. The lowest BCUT2D eigenvalue weighted by Gasteiger charge is -1.49. The van der Waals surface area contributed by atoms with Crippen LogP contribution in [0.4, 0.5) is 0 Å². The van der Waals surface area contributed by atoms with E-state index < -0.39 is 0 Å². The third-order valence-corrected chi connectivity index (χ3v) is 0.667. The molecule has 0 aromatic carbocycles. The van der Waals surface area contributed by atoms with Gasteiger partial charge in [0.05, 0.1) is 0 Å². The van der Waals surface area contributed by atoms with Crippen molar-refractivity contribution in [3.05, 3.63) is 37.0 Å². The fourth-order valence-electron chi connectivity index (χ4n) is 0. The zero-order chi connectivity index (χ0) is 14.2. The normalized spacial score (nSPS) is 6.28. The maximum absolute atomic E-state index is 3.36. The number of rotatable bonds is 0. The first kappa shape index (κ1) is 43.4. The Morgan fingerprint density at radius 2 is 0.722 bits per heavy atom. The van der Waals surface area contributed by atoms with E-state index in [2.05, 4.69) is 20.4 Å². The zero-order valence-corrected chi connectivity index (χ0v) is 13.3. The molecule has 18 heavy (non-hydrogen) atoms. The van der Waals surface area contributed by atoms with Crippen LogP contribution in [0.3, 0.4) is 0 Å². The van der Waals surface area contributed by atoms with Crippen molar-refractivity contribution in [2.45, 2.75) is 83.6 Å². The molecule has 0 saturated heterocycles. The van der Waals surface area contributed by atoms with E-state index in [-0.39, 0.29) is 14.9 Å². The summed E-state index contributed by atoms with van der Waals surface area (Å²) in [6, 6.07) is 0. The van der Waals surface area contributed by atoms with Gasteiger partial charge < -0.3 is 0 Å². The second kappa shape index (κ2) is 138. The van der Waals surface area contributed by atoms with Crippen LogP contribution in [0.25, 0.3) is 0 Å². The van der Waals surface area contributed by atoms with Crippen molar-refractivity contribution in [3.8, 4) is 0 Å². The Morgan fingerprint density at radius 1 is 0.667 bits per heavy atom. The van der Waals surface area contributed by atoms with Crippen LogP contribution in [0.1, 0.15) is 83.6 Å². The first-order valence-corrected chi connectivity index (χ1v) is 6.38. The Morgan fingerprint density at radius 3 is 0.722 bits per heavy atom. The molecule has 0 unspecified atom stereocenters. The van der Waals surface area contributed by atoms with Crippen molar-refractivity contribution in [2.75, 3.05) is 0 Å². The molecule has 0 atom stereocenters. The molecule has 0 rings (SSSR count). The third kappa shape index (κ3) is 2070. The largest absolute Gasteiger partial charge is 0.103 e. The van der Waals surface area contributed by atoms with Crippen molar-refractivity contribution in [3.63, 3.8) is 0 Å². The SMILES string of the molecule is C.C.C=CC.CC.CC=CC.CC=CC.CCC. The number of allylic oxidation sites excluding steroid dienone is 5. The van der Waals surface area contributed by atoms with Gasteiger partial charge in [0.1, 0.15) is 0 Å². The molecule has 0 heterocycles. The number of hydrogen-bond acceptors (Lipinski definition) is 0. The van der Waals surface area contributed by atoms with Gasteiger partial charge in [-0.1, -0.05) is 79.3 Å². The molecule has 0 spiro atoms. The van der Waals surface area contributed by atoms with E-state index in [0.717, 1.165) is 0 Å². The highest BCUT2D eigenvalue weighted by molar-refractivity contribution is 4.68. The zero-order valence-electron chi connectivity index (χ0n) is 13.3. The second-order valence-electron chi connectivity index (χ2n) is 2.45. The highest BCUT2D eigenvalue weighted by Gasteiger charge is 1.35. The van der Waals surface area contributed by atoms with E-state index in [0.29, 0.717) is 0 Å². The molecule has 0 radical (unpaired) electrons. The van der Waals surface area contributed by atoms with Gasteiger partial charge >= 0.3 is 0 Å². The lowest BCUT2D eigenvalue weighted by Crippen LogP contribution is -1.27. The topological polar surface area (TPSA) is 0 Å². The van der Waals surface area contributed by atoms with Crippen LogP contribution in [-0.2, 0) is 0 Å². The summed E-state index contributed by atoms with van der Waals surface area (Å²) in [5, 5.41) is 0. The Hall–Kier alpha value is -0.780. The summed E-state index contributed by atoms with van der Waals surface area (Å²) in [4.78, 5) is 0. The summed E-state index contributed by atoms with van der Waals surface area (Å²) in [5.41, 5.74) is 0. The van der Waals surface area contributed by atoms with E-state index in [1.165, 1.54) is 6.42 Å². The monoisotopic (exact) mass is 260 g/mol. The van der Waals surface area contributed by atoms with E-state index in [1.54, 1.807) is 6.08 Å². The molecule has 0 aromatic heterocycles. The molecule has 0 aromatic rings.